The lowest BCUT2D eigenvalue weighted by molar-refractivity contribution is -0.123. The van der Waals surface area contributed by atoms with Gasteiger partial charge in [-0.05, 0) is 74.0 Å². The first-order chi connectivity index (χ1) is 12.6. The average Bonchev–Trinajstić information content (AvgIpc) is 3.24. The Balaban J connectivity index is 1.52. The van der Waals surface area contributed by atoms with Crippen molar-refractivity contribution in [1.29, 1.82) is 0 Å². The van der Waals surface area contributed by atoms with Gasteiger partial charge in [-0.1, -0.05) is 39.3 Å². The molecule has 2 aliphatic carbocycles. The monoisotopic (exact) mass is 370 g/mol. The number of carbonyl (C=O) groups excluding carboxylic acids is 2. The molecule has 1 aromatic carbocycles. The Morgan fingerprint density at radius 3 is 2.19 bits per heavy atom. The summed E-state index contributed by atoms with van der Waals surface area (Å²) in [4.78, 5) is 25.0. The van der Waals surface area contributed by atoms with Crippen molar-refractivity contribution in [3.63, 3.8) is 0 Å². The van der Waals surface area contributed by atoms with Crippen LogP contribution in [0.1, 0.15) is 76.2 Å². The Labute approximate surface area is 163 Å². The van der Waals surface area contributed by atoms with Gasteiger partial charge in [0.25, 0.3) is 5.91 Å². The molecular weight excluding hydrogens is 336 g/mol. The van der Waals surface area contributed by atoms with Gasteiger partial charge in [-0.15, -0.1) is 0 Å². The molecule has 4 heteroatoms. The Hall–Kier alpha value is -1.84. The fourth-order valence-corrected chi connectivity index (χ4v) is 4.83. The summed E-state index contributed by atoms with van der Waals surface area (Å²) in [6, 6.07) is 7.27. The Morgan fingerprint density at radius 2 is 1.67 bits per heavy atom. The zero-order valence-corrected chi connectivity index (χ0v) is 17.3. The maximum Gasteiger partial charge on any atom is 0.251 e. The minimum atomic E-state index is -0.541. The molecule has 5 unspecified atom stereocenters. The highest BCUT2D eigenvalue weighted by Crippen LogP contribution is 2.49. The van der Waals surface area contributed by atoms with E-state index >= 15 is 0 Å². The normalized spacial score (nSPS) is 26.5. The minimum absolute atomic E-state index is 0.0536. The van der Waals surface area contributed by atoms with Gasteiger partial charge in [0.05, 0.1) is 0 Å². The van der Waals surface area contributed by atoms with Gasteiger partial charge in [-0.3, -0.25) is 9.59 Å². The van der Waals surface area contributed by atoms with E-state index in [9.17, 15) is 9.59 Å². The molecule has 0 aromatic heterocycles. The molecule has 0 radical (unpaired) electrons. The highest BCUT2D eigenvalue weighted by atomic mass is 16.2. The van der Waals surface area contributed by atoms with Crippen molar-refractivity contribution in [3.8, 4) is 0 Å². The average molecular weight is 371 g/mol. The van der Waals surface area contributed by atoms with E-state index in [1.54, 1.807) is 6.92 Å². The standard InChI is InChI=1S/C23H34N2O2/c1-14(20-13-16-6-7-18(20)12-16)24-21(26)15(2)25-22(27)17-8-10-19(11-9-17)23(3,4)5/h8-11,14-16,18,20H,6-7,12-13H2,1-5H3,(H,24,26)(H,25,27). The van der Waals surface area contributed by atoms with Crippen molar-refractivity contribution in [2.24, 2.45) is 17.8 Å². The lowest BCUT2D eigenvalue weighted by atomic mass is 9.84. The molecule has 1 aromatic rings. The number of hydrogen-bond acceptors (Lipinski definition) is 2. The summed E-state index contributed by atoms with van der Waals surface area (Å²) in [7, 11) is 0. The van der Waals surface area contributed by atoms with Crippen molar-refractivity contribution < 1.29 is 9.59 Å². The first-order valence-electron chi connectivity index (χ1n) is 10.4. The number of hydrogen-bond donors (Lipinski definition) is 2. The highest BCUT2D eigenvalue weighted by molar-refractivity contribution is 5.97. The molecule has 2 fully saturated rings. The van der Waals surface area contributed by atoms with Gasteiger partial charge in [-0.25, -0.2) is 0 Å². The second kappa shape index (κ2) is 7.65. The first kappa shape index (κ1) is 19.9. The molecule has 2 N–H and O–H groups in total. The van der Waals surface area contributed by atoms with E-state index in [-0.39, 0.29) is 23.3 Å². The summed E-state index contributed by atoms with van der Waals surface area (Å²) < 4.78 is 0. The third-order valence-corrected chi connectivity index (χ3v) is 6.56. The van der Waals surface area contributed by atoms with Crippen LogP contribution >= 0.6 is 0 Å². The lowest BCUT2D eigenvalue weighted by Gasteiger charge is -2.29. The van der Waals surface area contributed by atoms with Crippen LogP contribution in [0.3, 0.4) is 0 Å². The zero-order chi connectivity index (χ0) is 19.8. The molecule has 5 atom stereocenters. The van der Waals surface area contributed by atoms with Crippen LogP contribution in [0.2, 0.25) is 0 Å². The number of rotatable bonds is 5. The van der Waals surface area contributed by atoms with Crippen LogP contribution in [0.4, 0.5) is 0 Å². The van der Waals surface area contributed by atoms with Gasteiger partial charge in [0.1, 0.15) is 6.04 Å². The van der Waals surface area contributed by atoms with Crippen LogP contribution in [-0.2, 0) is 10.2 Å². The Morgan fingerprint density at radius 1 is 1.00 bits per heavy atom. The first-order valence-corrected chi connectivity index (χ1v) is 10.4. The van der Waals surface area contributed by atoms with Crippen LogP contribution in [0.25, 0.3) is 0 Å². The van der Waals surface area contributed by atoms with Gasteiger partial charge in [0, 0.05) is 11.6 Å². The molecule has 0 spiro atoms. The van der Waals surface area contributed by atoms with E-state index < -0.39 is 6.04 Å². The molecular formula is C23H34N2O2. The third-order valence-electron chi connectivity index (χ3n) is 6.56. The smallest absolute Gasteiger partial charge is 0.251 e. The summed E-state index contributed by atoms with van der Waals surface area (Å²) in [5.74, 6) is 1.94. The maximum atomic E-state index is 12.5. The summed E-state index contributed by atoms with van der Waals surface area (Å²) in [5, 5.41) is 5.97. The van der Waals surface area contributed by atoms with Crippen LogP contribution in [0, 0.1) is 17.8 Å². The maximum absolute atomic E-state index is 12.5. The summed E-state index contributed by atoms with van der Waals surface area (Å²) in [5.41, 5.74) is 1.83. The van der Waals surface area contributed by atoms with Crippen LogP contribution < -0.4 is 10.6 Å². The Bertz CT molecular complexity index is 689. The van der Waals surface area contributed by atoms with E-state index in [2.05, 4.69) is 38.3 Å². The SMILES string of the molecule is CC(NC(=O)c1ccc(C(C)(C)C)cc1)C(=O)NC(C)C1CC2CCC1C2. The van der Waals surface area contributed by atoms with Crippen molar-refractivity contribution in [2.75, 3.05) is 0 Å². The second-order valence-corrected chi connectivity index (χ2v) is 9.66. The number of amides is 2. The Kier molecular flexibility index (Phi) is 5.64. The van der Waals surface area contributed by atoms with Gasteiger partial charge in [0.2, 0.25) is 5.91 Å². The molecule has 27 heavy (non-hydrogen) atoms. The molecule has 2 saturated carbocycles. The minimum Gasteiger partial charge on any atom is -0.352 e. The third kappa shape index (κ3) is 4.53. The van der Waals surface area contributed by atoms with Crippen LogP contribution in [-0.4, -0.2) is 23.9 Å². The number of benzene rings is 1. The lowest BCUT2D eigenvalue weighted by Crippen LogP contribution is -2.49. The summed E-state index contributed by atoms with van der Waals surface area (Å²) >= 11 is 0. The molecule has 148 valence electrons. The molecule has 2 aliphatic rings. The molecule has 2 amide bonds. The van der Waals surface area contributed by atoms with Crippen LogP contribution in [0.5, 0.6) is 0 Å². The van der Waals surface area contributed by atoms with Crippen molar-refractivity contribution in [3.05, 3.63) is 35.4 Å². The van der Waals surface area contributed by atoms with Crippen LogP contribution in [0.15, 0.2) is 24.3 Å². The van der Waals surface area contributed by atoms with Gasteiger partial charge in [-0.2, -0.15) is 0 Å². The summed E-state index contributed by atoms with van der Waals surface area (Å²) in [6.45, 7) is 10.3. The zero-order valence-electron chi connectivity index (χ0n) is 17.3. The fourth-order valence-electron chi connectivity index (χ4n) is 4.83. The second-order valence-electron chi connectivity index (χ2n) is 9.66. The quantitative estimate of drug-likeness (QED) is 0.822. The summed E-state index contributed by atoms with van der Waals surface area (Å²) in [6.07, 6.45) is 5.25. The van der Waals surface area contributed by atoms with Gasteiger partial charge < -0.3 is 10.6 Å². The molecule has 0 aliphatic heterocycles. The number of nitrogens with one attached hydrogen (secondary N) is 2. The largest absolute Gasteiger partial charge is 0.352 e. The van der Waals surface area contributed by atoms with E-state index in [4.69, 9.17) is 0 Å². The number of fused-ring (bicyclic) bond motifs is 2. The van der Waals surface area contributed by atoms with Gasteiger partial charge >= 0.3 is 0 Å². The van der Waals surface area contributed by atoms with E-state index in [1.165, 1.54) is 31.2 Å². The fraction of sp³-hybridized carbons (Fsp3) is 0.652. The van der Waals surface area contributed by atoms with E-state index in [1.807, 2.05) is 24.3 Å². The molecule has 2 bridgehead atoms. The highest BCUT2D eigenvalue weighted by Gasteiger charge is 2.42. The molecule has 0 saturated heterocycles. The molecule has 4 nitrogen and oxygen atoms in total. The van der Waals surface area contributed by atoms with E-state index in [0.29, 0.717) is 11.5 Å². The predicted octanol–water partition coefficient (Wildman–Crippen LogP) is 4.04. The molecule has 3 rings (SSSR count). The van der Waals surface area contributed by atoms with Crippen molar-refractivity contribution >= 4 is 11.8 Å². The van der Waals surface area contributed by atoms with Crippen molar-refractivity contribution in [2.45, 2.75) is 77.8 Å². The molecule has 0 heterocycles. The van der Waals surface area contributed by atoms with Crippen molar-refractivity contribution in [1.82, 2.24) is 10.6 Å². The topological polar surface area (TPSA) is 58.2 Å². The van der Waals surface area contributed by atoms with Gasteiger partial charge in [0.15, 0.2) is 0 Å². The number of carbonyl (C=O) groups is 2. The predicted molar refractivity (Wildman–Crippen MR) is 109 cm³/mol. The van der Waals surface area contributed by atoms with E-state index in [0.717, 1.165) is 11.8 Å².